The lowest BCUT2D eigenvalue weighted by Crippen LogP contribution is -2.43. The molecule has 0 amide bonds. The summed E-state index contributed by atoms with van der Waals surface area (Å²) in [6, 6.07) is 3.30. The molecule has 0 spiro atoms. The lowest BCUT2D eigenvalue weighted by molar-refractivity contribution is 0.206. The van der Waals surface area contributed by atoms with Crippen LogP contribution in [-0.4, -0.2) is 38.2 Å². The number of anilines is 2. The fourth-order valence-corrected chi connectivity index (χ4v) is 2.62. The van der Waals surface area contributed by atoms with Gasteiger partial charge < -0.3 is 20.7 Å². The third-order valence-corrected chi connectivity index (χ3v) is 3.77. The second-order valence-corrected chi connectivity index (χ2v) is 5.35. The van der Waals surface area contributed by atoms with Crippen LogP contribution in [0.15, 0.2) is 12.1 Å². The Balaban J connectivity index is 2.14. The molecule has 1 saturated heterocycles. The number of nitrogen functional groups attached to an aromatic ring is 1. The topological polar surface area (TPSA) is 50.5 Å². The molecule has 0 bridgehead atoms. The first-order chi connectivity index (χ1) is 9.01. The Labute approximate surface area is 113 Å². The van der Waals surface area contributed by atoms with Crippen LogP contribution < -0.4 is 15.8 Å². The monoisotopic (exact) mass is 267 g/mol. The molecule has 5 heteroatoms. The van der Waals surface area contributed by atoms with Crippen molar-refractivity contribution in [1.82, 2.24) is 4.90 Å². The molecule has 106 valence electrons. The summed E-state index contributed by atoms with van der Waals surface area (Å²) in [6.07, 6.45) is 1.05. The third kappa shape index (κ3) is 3.10. The van der Waals surface area contributed by atoms with E-state index in [1.807, 2.05) is 0 Å². The summed E-state index contributed by atoms with van der Waals surface area (Å²) in [5.74, 6) is 0.313. The highest BCUT2D eigenvalue weighted by molar-refractivity contribution is 5.69. The van der Waals surface area contributed by atoms with Gasteiger partial charge in [-0.05, 0) is 25.9 Å². The Bertz CT molecular complexity index is 453. The zero-order valence-electron chi connectivity index (χ0n) is 11.7. The highest BCUT2D eigenvalue weighted by Crippen LogP contribution is 2.30. The zero-order chi connectivity index (χ0) is 14.0. The molecule has 2 rings (SSSR count). The quantitative estimate of drug-likeness (QED) is 0.824. The van der Waals surface area contributed by atoms with E-state index in [0.29, 0.717) is 17.6 Å². The molecule has 1 aliphatic heterocycles. The van der Waals surface area contributed by atoms with E-state index < -0.39 is 5.82 Å². The molecule has 1 aromatic rings. The van der Waals surface area contributed by atoms with E-state index >= 15 is 0 Å². The molecule has 1 aromatic carbocycles. The van der Waals surface area contributed by atoms with Crippen molar-refractivity contribution in [2.24, 2.45) is 5.92 Å². The first-order valence-electron chi connectivity index (χ1n) is 6.59. The zero-order valence-corrected chi connectivity index (χ0v) is 11.7. The number of likely N-dealkylation sites (tertiary alicyclic amines) is 1. The van der Waals surface area contributed by atoms with E-state index in [1.165, 1.54) is 13.2 Å². The summed E-state index contributed by atoms with van der Waals surface area (Å²) in [5, 5.41) is 3.42. The summed E-state index contributed by atoms with van der Waals surface area (Å²) in [5.41, 5.74) is 7.04. The first kappa shape index (κ1) is 13.9. The summed E-state index contributed by atoms with van der Waals surface area (Å²) >= 11 is 0. The first-order valence-corrected chi connectivity index (χ1v) is 6.59. The standard InChI is InChI=1S/C14H22FN3O/c1-9-8-18(2)5-4-12(9)17-13-7-14(19-3)10(15)6-11(13)16/h6-7,9,12,17H,4-5,8,16H2,1-3H3. The van der Waals surface area contributed by atoms with Crippen LogP contribution in [0.25, 0.3) is 0 Å². The number of methoxy groups -OCH3 is 1. The van der Waals surface area contributed by atoms with Crippen molar-refractivity contribution in [3.05, 3.63) is 17.9 Å². The van der Waals surface area contributed by atoms with E-state index in [0.717, 1.165) is 25.2 Å². The van der Waals surface area contributed by atoms with Gasteiger partial charge in [0.2, 0.25) is 0 Å². The maximum atomic E-state index is 13.5. The van der Waals surface area contributed by atoms with Gasteiger partial charge in [0, 0.05) is 24.7 Å². The molecule has 4 nitrogen and oxygen atoms in total. The number of piperidine rings is 1. The lowest BCUT2D eigenvalue weighted by Gasteiger charge is -2.36. The van der Waals surface area contributed by atoms with Gasteiger partial charge in [-0.15, -0.1) is 0 Å². The van der Waals surface area contributed by atoms with Crippen molar-refractivity contribution in [3.8, 4) is 5.75 Å². The van der Waals surface area contributed by atoms with Crippen LogP contribution in [0.1, 0.15) is 13.3 Å². The van der Waals surface area contributed by atoms with Gasteiger partial charge in [-0.25, -0.2) is 4.39 Å². The average Bonchev–Trinajstić information content (AvgIpc) is 2.35. The molecule has 2 unspecified atom stereocenters. The van der Waals surface area contributed by atoms with Crippen molar-refractivity contribution >= 4 is 11.4 Å². The van der Waals surface area contributed by atoms with Gasteiger partial charge in [0.1, 0.15) is 0 Å². The molecular weight excluding hydrogens is 245 g/mol. The maximum absolute atomic E-state index is 13.5. The van der Waals surface area contributed by atoms with Crippen LogP contribution >= 0.6 is 0 Å². The van der Waals surface area contributed by atoms with Crippen LogP contribution in [-0.2, 0) is 0 Å². The van der Waals surface area contributed by atoms with Crippen LogP contribution in [0.4, 0.5) is 15.8 Å². The number of nitrogens with two attached hydrogens (primary N) is 1. The predicted molar refractivity (Wildman–Crippen MR) is 76.1 cm³/mol. The van der Waals surface area contributed by atoms with Gasteiger partial charge in [-0.1, -0.05) is 6.92 Å². The molecular formula is C14H22FN3O. The molecule has 0 radical (unpaired) electrons. The number of hydrogen-bond donors (Lipinski definition) is 2. The number of ether oxygens (including phenoxy) is 1. The number of nitrogens with zero attached hydrogens (tertiary/aromatic N) is 1. The minimum Gasteiger partial charge on any atom is -0.494 e. The molecule has 2 atom stereocenters. The molecule has 0 saturated carbocycles. The number of nitrogens with one attached hydrogen (secondary N) is 1. The van der Waals surface area contributed by atoms with E-state index in [-0.39, 0.29) is 5.75 Å². The second kappa shape index (κ2) is 5.65. The fraction of sp³-hybridized carbons (Fsp3) is 0.571. The Morgan fingerprint density at radius 3 is 2.84 bits per heavy atom. The van der Waals surface area contributed by atoms with Crippen LogP contribution in [0.2, 0.25) is 0 Å². The van der Waals surface area contributed by atoms with Crippen molar-refractivity contribution in [2.45, 2.75) is 19.4 Å². The van der Waals surface area contributed by atoms with Gasteiger partial charge in [-0.3, -0.25) is 0 Å². The van der Waals surface area contributed by atoms with E-state index in [4.69, 9.17) is 10.5 Å². The van der Waals surface area contributed by atoms with E-state index in [1.54, 1.807) is 6.07 Å². The Kier molecular flexibility index (Phi) is 4.14. The minimum atomic E-state index is -0.429. The van der Waals surface area contributed by atoms with Crippen molar-refractivity contribution < 1.29 is 9.13 Å². The molecule has 0 aliphatic carbocycles. The number of benzene rings is 1. The van der Waals surface area contributed by atoms with Gasteiger partial charge in [0.15, 0.2) is 11.6 Å². The average molecular weight is 267 g/mol. The van der Waals surface area contributed by atoms with Gasteiger partial charge >= 0.3 is 0 Å². The number of rotatable bonds is 3. The molecule has 3 N–H and O–H groups in total. The van der Waals surface area contributed by atoms with Gasteiger partial charge in [-0.2, -0.15) is 0 Å². The Morgan fingerprint density at radius 1 is 1.47 bits per heavy atom. The summed E-state index contributed by atoms with van der Waals surface area (Å²) < 4.78 is 18.5. The number of hydrogen-bond acceptors (Lipinski definition) is 4. The van der Waals surface area contributed by atoms with E-state index in [2.05, 4.69) is 24.2 Å². The van der Waals surface area contributed by atoms with E-state index in [9.17, 15) is 4.39 Å². The summed E-state index contributed by atoms with van der Waals surface area (Å²) in [7, 11) is 3.58. The molecule has 1 fully saturated rings. The fourth-order valence-electron chi connectivity index (χ4n) is 2.62. The highest BCUT2D eigenvalue weighted by atomic mass is 19.1. The smallest absolute Gasteiger partial charge is 0.167 e. The van der Waals surface area contributed by atoms with Crippen molar-refractivity contribution in [3.63, 3.8) is 0 Å². The van der Waals surface area contributed by atoms with Gasteiger partial charge in [0.25, 0.3) is 0 Å². The van der Waals surface area contributed by atoms with Gasteiger partial charge in [0.05, 0.1) is 18.5 Å². The highest BCUT2D eigenvalue weighted by Gasteiger charge is 2.24. The molecule has 19 heavy (non-hydrogen) atoms. The second-order valence-electron chi connectivity index (χ2n) is 5.35. The van der Waals surface area contributed by atoms with Crippen LogP contribution in [0, 0.1) is 11.7 Å². The Hall–Kier alpha value is -1.49. The predicted octanol–water partition coefficient (Wildman–Crippen LogP) is 2.17. The molecule has 0 aromatic heterocycles. The van der Waals surface area contributed by atoms with Crippen LogP contribution in [0.3, 0.4) is 0 Å². The summed E-state index contributed by atoms with van der Waals surface area (Å²) in [6.45, 7) is 4.32. The molecule has 1 heterocycles. The van der Waals surface area contributed by atoms with Crippen molar-refractivity contribution in [2.75, 3.05) is 38.3 Å². The maximum Gasteiger partial charge on any atom is 0.167 e. The third-order valence-electron chi connectivity index (χ3n) is 3.77. The largest absolute Gasteiger partial charge is 0.494 e. The minimum absolute atomic E-state index is 0.220. The SMILES string of the molecule is COc1cc(NC2CCN(C)CC2C)c(N)cc1F. The Morgan fingerprint density at radius 2 is 2.21 bits per heavy atom. The molecule has 1 aliphatic rings. The normalized spacial score (nSPS) is 24.2. The van der Waals surface area contributed by atoms with Crippen LogP contribution in [0.5, 0.6) is 5.75 Å². The number of halogens is 1. The summed E-state index contributed by atoms with van der Waals surface area (Å²) in [4.78, 5) is 2.32. The van der Waals surface area contributed by atoms with Crippen molar-refractivity contribution in [1.29, 1.82) is 0 Å². The lowest BCUT2D eigenvalue weighted by atomic mass is 9.94.